The van der Waals surface area contributed by atoms with E-state index in [0.717, 1.165) is 73.5 Å². The van der Waals surface area contributed by atoms with Crippen LogP contribution in [0.2, 0.25) is 0 Å². The third-order valence-corrected chi connectivity index (χ3v) is 8.17. The molecule has 1 N–H and O–H groups in total. The molecule has 5 rings (SSSR count). The molecule has 0 saturated carbocycles. The van der Waals surface area contributed by atoms with Crippen molar-refractivity contribution in [2.45, 2.75) is 58.9 Å². The molecule has 2 aromatic heterocycles. The fourth-order valence-corrected chi connectivity index (χ4v) is 6.18. The first-order chi connectivity index (χ1) is 18.6. The van der Waals surface area contributed by atoms with E-state index in [9.17, 15) is 9.59 Å². The van der Waals surface area contributed by atoms with E-state index < -0.39 is 0 Å². The van der Waals surface area contributed by atoms with Gasteiger partial charge in [0.05, 0.1) is 22.6 Å². The number of nitrogens with one attached hydrogen (secondary N) is 1. The Morgan fingerprint density at radius 1 is 1.16 bits per heavy atom. The fraction of sp³-hybridized carbons (Fsp3) is 0.483. The van der Waals surface area contributed by atoms with E-state index in [1.165, 1.54) is 11.5 Å². The molecule has 1 aromatic carbocycles. The summed E-state index contributed by atoms with van der Waals surface area (Å²) >= 11 is 1.44. The average molecular weight is 555 g/mol. The Kier molecular flexibility index (Phi) is 10.1. The smallest absolute Gasteiger partial charge is 0.275 e. The van der Waals surface area contributed by atoms with E-state index in [1.54, 1.807) is 0 Å². The molecule has 4 bridgehead atoms. The Balaban J connectivity index is 0.00000164. The predicted molar refractivity (Wildman–Crippen MR) is 163 cm³/mol. The fourth-order valence-electron chi connectivity index (χ4n) is 5.03. The highest BCUT2D eigenvalue weighted by Crippen LogP contribution is 2.33. The number of hydrogen-bond donors (Lipinski definition) is 1. The molecule has 1 aliphatic heterocycles. The molecule has 1 atom stereocenters. The van der Waals surface area contributed by atoms with E-state index in [0.29, 0.717) is 41.9 Å². The van der Waals surface area contributed by atoms with E-state index in [-0.39, 0.29) is 11.1 Å². The van der Waals surface area contributed by atoms with Crippen molar-refractivity contribution in [3.05, 3.63) is 66.7 Å². The SMILES string of the molecule is CCCN(CC)CCc1ccc2[nH]c(=O)c3nc2c1OCCCCCn1sc2c(c1=O)C=CCC=C23.CP. The van der Waals surface area contributed by atoms with Crippen molar-refractivity contribution in [3.8, 4) is 5.75 Å². The number of H-pyrrole nitrogens is 1. The maximum Gasteiger partial charge on any atom is 0.275 e. The van der Waals surface area contributed by atoms with Crippen LogP contribution in [0.25, 0.3) is 22.7 Å². The first-order valence-corrected chi connectivity index (χ1v) is 15.6. The maximum atomic E-state index is 13.3. The Morgan fingerprint density at radius 2 is 2.00 bits per heavy atom. The number of aromatic amines is 1. The molecule has 204 valence electrons. The van der Waals surface area contributed by atoms with Gasteiger partial charge in [-0.05, 0) is 63.2 Å². The van der Waals surface area contributed by atoms with Gasteiger partial charge in [0.15, 0.2) is 0 Å². The Hall–Kier alpha value is -2.54. The lowest BCUT2D eigenvalue weighted by molar-refractivity contribution is 0.284. The lowest BCUT2D eigenvalue weighted by Gasteiger charge is -2.21. The number of allylic oxidation sites excluding steroid dienone is 2. The highest BCUT2D eigenvalue weighted by Gasteiger charge is 2.24. The zero-order valence-electron chi connectivity index (χ0n) is 22.7. The molecule has 3 heterocycles. The van der Waals surface area contributed by atoms with Gasteiger partial charge in [0.25, 0.3) is 11.1 Å². The average Bonchev–Trinajstić information content (AvgIpc) is 3.09. The molecule has 1 unspecified atom stereocenters. The lowest BCUT2D eigenvalue weighted by atomic mass is 10.1. The Morgan fingerprint density at radius 3 is 2.79 bits per heavy atom. The number of aromatic nitrogens is 3. The van der Waals surface area contributed by atoms with Crippen molar-refractivity contribution in [1.29, 1.82) is 0 Å². The number of likely N-dealkylation sites (N-methyl/N-ethyl adjacent to an activating group) is 1. The molecule has 0 fully saturated rings. The zero-order chi connectivity index (χ0) is 27.1. The molecule has 0 amide bonds. The monoisotopic (exact) mass is 554 g/mol. The van der Waals surface area contributed by atoms with Crippen LogP contribution in [0.4, 0.5) is 0 Å². The van der Waals surface area contributed by atoms with Gasteiger partial charge in [0.1, 0.15) is 17.0 Å². The van der Waals surface area contributed by atoms with E-state index in [1.807, 2.05) is 34.9 Å². The number of hydrogen-bond acceptors (Lipinski definition) is 6. The predicted octanol–water partition coefficient (Wildman–Crippen LogP) is 5.32. The molecule has 38 heavy (non-hydrogen) atoms. The van der Waals surface area contributed by atoms with Crippen LogP contribution in [0, 0.1) is 0 Å². The van der Waals surface area contributed by atoms with E-state index in [4.69, 9.17) is 9.72 Å². The largest absolute Gasteiger partial charge is 0.491 e. The van der Waals surface area contributed by atoms with Gasteiger partial charge in [-0.15, -0.1) is 9.24 Å². The number of benzene rings is 1. The van der Waals surface area contributed by atoms with Gasteiger partial charge in [-0.25, -0.2) is 4.98 Å². The van der Waals surface area contributed by atoms with E-state index in [2.05, 4.69) is 39.0 Å². The number of ether oxygens (including phenoxy) is 1. The summed E-state index contributed by atoms with van der Waals surface area (Å²) in [6, 6.07) is 4.01. The van der Waals surface area contributed by atoms with Crippen LogP contribution in [-0.2, 0) is 13.0 Å². The van der Waals surface area contributed by atoms with Crippen molar-refractivity contribution >= 4 is 43.5 Å². The third kappa shape index (κ3) is 6.03. The van der Waals surface area contributed by atoms with Crippen LogP contribution in [0.3, 0.4) is 0 Å². The summed E-state index contributed by atoms with van der Waals surface area (Å²) in [5.41, 5.74) is 3.97. The molecule has 2 aliphatic rings. The third-order valence-electron chi connectivity index (χ3n) is 6.98. The highest BCUT2D eigenvalue weighted by molar-refractivity contribution is 7.15. The molecule has 0 saturated heterocycles. The number of aryl methyl sites for hydroxylation is 1. The van der Waals surface area contributed by atoms with Crippen LogP contribution >= 0.6 is 20.8 Å². The topological polar surface area (TPSA) is 80.2 Å². The summed E-state index contributed by atoms with van der Waals surface area (Å²) in [5.74, 6) is 0.771. The lowest BCUT2D eigenvalue weighted by Crippen LogP contribution is -2.26. The Labute approximate surface area is 231 Å². The van der Waals surface area contributed by atoms with Crippen molar-refractivity contribution in [1.82, 2.24) is 18.8 Å². The van der Waals surface area contributed by atoms with Crippen LogP contribution in [-0.4, -0.2) is 51.7 Å². The summed E-state index contributed by atoms with van der Waals surface area (Å²) in [7, 11) is 2.42. The second-order valence-corrected chi connectivity index (χ2v) is 10.5. The van der Waals surface area contributed by atoms with Gasteiger partial charge in [-0.2, -0.15) is 0 Å². The minimum atomic E-state index is -0.250. The highest BCUT2D eigenvalue weighted by atomic mass is 32.1. The second-order valence-electron chi connectivity index (χ2n) is 9.46. The van der Waals surface area contributed by atoms with Gasteiger partial charge in [0, 0.05) is 18.7 Å². The van der Waals surface area contributed by atoms with Crippen molar-refractivity contribution in [2.24, 2.45) is 0 Å². The van der Waals surface area contributed by atoms with Crippen LogP contribution in [0.15, 0.2) is 33.9 Å². The number of fused-ring (bicyclic) bond motifs is 3. The maximum absolute atomic E-state index is 13.3. The summed E-state index contributed by atoms with van der Waals surface area (Å²) < 4.78 is 8.22. The number of rotatable bonds is 6. The summed E-state index contributed by atoms with van der Waals surface area (Å²) in [6.07, 6.45) is 11.3. The van der Waals surface area contributed by atoms with Gasteiger partial charge < -0.3 is 14.6 Å². The van der Waals surface area contributed by atoms with Crippen LogP contribution in [0.5, 0.6) is 5.75 Å². The quantitative estimate of drug-likeness (QED) is 0.417. The molecule has 1 aliphatic carbocycles. The molecular formula is C29H39N4O3PS. The molecule has 9 heteroatoms. The van der Waals surface area contributed by atoms with E-state index >= 15 is 0 Å². The first kappa shape index (κ1) is 28.5. The molecule has 3 aromatic rings. The van der Waals surface area contributed by atoms with Gasteiger partial charge >= 0.3 is 0 Å². The van der Waals surface area contributed by atoms with Gasteiger partial charge in [0.2, 0.25) is 0 Å². The van der Waals surface area contributed by atoms with Gasteiger partial charge in [-0.3, -0.25) is 13.5 Å². The van der Waals surface area contributed by atoms with Crippen molar-refractivity contribution < 1.29 is 4.74 Å². The minimum Gasteiger partial charge on any atom is -0.491 e. The van der Waals surface area contributed by atoms with Crippen LogP contribution < -0.4 is 15.9 Å². The number of nitrogens with zero attached hydrogens (tertiary/aromatic N) is 3. The second kappa shape index (κ2) is 13.5. The summed E-state index contributed by atoms with van der Waals surface area (Å²) in [6.45, 7) is 10.6. The van der Waals surface area contributed by atoms with Crippen LogP contribution in [0.1, 0.15) is 67.6 Å². The Bertz CT molecular complexity index is 1440. The normalized spacial score (nSPS) is 14.9. The zero-order valence-corrected chi connectivity index (χ0v) is 24.7. The molecule has 0 spiro atoms. The molecule has 0 radical (unpaired) electrons. The summed E-state index contributed by atoms with van der Waals surface area (Å²) in [4.78, 5) is 37.6. The van der Waals surface area contributed by atoms with Gasteiger partial charge in [-0.1, -0.05) is 56.3 Å². The standard InChI is InChI=1S/C28H34N4O3S.CH5P/c1-3-15-31(4-2)17-14-19-12-13-22-24-25(19)35-18-9-5-8-16-32-28(34)21-11-7-6-10-20(26(21)36-32)23(30-24)27(33)29-22;1-2/h7,10-13H,3-6,8-9,14-18H2,1-2H3,(H,29,33);2H2,1H3. The van der Waals surface area contributed by atoms with Crippen molar-refractivity contribution in [2.75, 3.05) is 32.9 Å². The molecule has 7 nitrogen and oxygen atoms in total. The van der Waals surface area contributed by atoms with Crippen molar-refractivity contribution in [3.63, 3.8) is 0 Å². The minimum absolute atomic E-state index is 0.0120. The summed E-state index contributed by atoms with van der Waals surface area (Å²) in [5, 5.41) is 0. The first-order valence-electron chi connectivity index (χ1n) is 13.7. The molecular weight excluding hydrogens is 515 g/mol.